The van der Waals surface area contributed by atoms with Gasteiger partial charge in [0.05, 0.1) is 4.90 Å². The van der Waals surface area contributed by atoms with Crippen molar-refractivity contribution in [1.29, 1.82) is 0 Å². The number of hydrogen-bond donors (Lipinski definition) is 0. The summed E-state index contributed by atoms with van der Waals surface area (Å²) in [6.45, 7) is 1.74. The molecule has 11 nitrogen and oxygen atoms in total. The van der Waals surface area contributed by atoms with Crippen LogP contribution < -0.4 is 25.6 Å². The molecule has 2 aliphatic rings. The molecule has 1 aromatic heterocycles. The van der Waals surface area contributed by atoms with Crippen molar-refractivity contribution in [1.82, 2.24) is 18.7 Å². The van der Waals surface area contributed by atoms with Crippen molar-refractivity contribution in [2.24, 2.45) is 14.1 Å². The van der Waals surface area contributed by atoms with Crippen LogP contribution >= 0.6 is 0 Å². The smallest absolute Gasteiger partial charge is 0.346 e. The van der Waals surface area contributed by atoms with Gasteiger partial charge in [0.2, 0.25) is 15.8 Å². The van der Waals surface area contributed by atoms with Crippen LogP contribution in [0.1, 0.15) is 0 Å². The predicted octanol–water partition coefficient (Wildman–Crippen LogP) is -1.24. The van der Waals surface area contributed by atoms with Crippen molar-refractivity contribution in [3.05, 3.63) is 39.0 Å². The van der Waals surface area contributed by atoms with Gasteiger partial charge < -0.3 is 14.4 Å². The molecule has 12 heteroatoms. The molecule has 4 rings (SSSR count). The lowest BCUT2D eigenvalue weighted by atomic mass is 10.3. The Labute approximate surface area is 166 Å². The van der Waals surface area contributed by atoms with Crippen LogP contribution in [0.15, 0.2) is 32.7 Å². The standard InChI is InChI=1S/C17H21N5O6S/c1-19-16(23)15(18-20(2)17(19)24)21-5-7-22(8-6-21)29(25,26)12-3-4-13-14(11-12)28-10-9-27-13/h3-4,11H,5-10H2,1-2H3. The van der Waals surface area contributed by atoms with E-state index in [-0.39, 0.29) is 36.9 Å². The molecule has 0 N–H and O–H groups in total. The third kappa shape index (κ3) is 3.38. The molecule has 3 heterocycles. The number of sulfonamides is 1. The monoisotopic (exact) mass is 423 g/mol. The van der Waals surface area contributed by atoms with E-state index in [0.717, 1.165) is 9.25 Å². The van der Waals surface area contributed by atoms with E-state index in [1.54, 1.807) is 11.0 Å². The first-order valence-electron chi connectivity index (χ1n) is 9.08. The lowest BCUT2D eigenvalue weighted by Crippen LogP contribution is -2.52. The molecule has 0 amide bonds. The first kappa shape index (κ1) is 19.5. The highest BCUT2D eigenvalue weighted by Crippen LogP contribution is 2.33. The van der Waals surface area contributed by atoms with Crippen LogP contribution in [-0.4, -0.2) is 66.5 Å². The molecule has 1 fully saturated rings. The van der Waals surface area contributed by atoms with Gasteiger partial charge in [-0.15, -0.1) is 5.10 Å². The highest BCUT2D eigenvalue weighted by molar-refractivity contribution is 7.89. The van der Waals surface area contributed by atoms with Gasteiger partial charge in [-0.2, -0.15) is 4.31 Å². The van der Waals surface area contributed by atoms with Crippen molar-refractivity contribution in [3.8, 4) is 11.5 Å². The number of fused-ring (bicyclic) bond motifs is 1. The van der Waals surface area contributed by atoms with Gasteiger partial charge in [0.25, 0.3) is 5.56 Å². The van der Waals surface area contributed by atoms with E-state index in [0.29, 0.717) is 24.7 Å². The Kier molecular flexibility index (Phi) is 4.82. The second kappa shape index (κ2) is 7.19. The summed E-state index contributed by atoms with van der Waals surface area (Å²) in [5, 5.41) is 4.05. The Hall–Kier alpha value is -2.86. The lowest BCUT2D eigenvalue weighted by molar-refractivity contribution is 0.171. The molecule has 2 aromatic rings. The van der Waals surface area contributed by atoms with Gasteiger partial charge in [-0.3, -0.25) is 9.36 Å². The first-order valence-corrected chi connectivity index (χ1v) is 10.5. The van der Waals surface area contributed by atoms with Crippen molar-refractivity contribution >= 4 is 15.8 Å². The maximum atomic E-state index is 13.0. The van der Waals surface area contributed by atoms with Crippen LogP contribution in [0.3, 0.4) is 0 Å². The van der Waals surface area contributed by atoms with E-state index >= 15 is 0 Å². The zero-order chi connectivity index (χ0) is 20.8. The molecule has 2 aliphatic heterocycles. The van der Waals surface area contributed by atoms with Crippen molar-refractivity contribution in [3.63, 3.8) is 0 Å². The number of ether oxygens (including phenoxy) is 2. The second-order valence-corrected chi connectivity index (χ2v) is 8.73. The number of aromatic nitrogens is 3. The quantitative estimate of drug-likeness (QED) is 0.602. The van der Waals surface area contributed by atoms with Gasteiger partial charge >= 0.3 is 5.69 Å². The Morgan fingerprint density at radius 3 is 2.31 bits per heavy atom. The van der Waals surface area contributed by atoms with E-state index in [9.17, 15) is 18.0 Å². The molecule has 0 aliphatic carbocycles. The molecule has 0 bridgehead atoms. The summed E-state index contributed by atoms with van der Waals surface area (Å²) < 4.78 is 40.4. The van der Waals surface area contributed by atoms with Crippen LogP contribution in [0.2, 0.25) is 0 Å². The summed E-state index contributed by atoms with van der Waals surface area (Å²) in [6.07, 6.45) is 0. The maximum Gasteiger partial charge on any atom is 0.346 e. The van der Waals surface area contributed by atoms with Crippen LogP contribution in [0, 0.1) is 0 Å². The summed E-state index contributed by atoms with van der Waals surface area (Å²) in [6, 6.07) is 4.57. The fourth-order valence-electron chi connectivity index (χ4n) is 3.35. The second-order valence-electron chi connectivity index (χ2n) is 6.79. The summed E-state index contributed by atoms with van der Waals surface area (Å²) >= 11 is 0. The van der Waals surface area contributed by atoms with Crippen LogP contribution in [0.25, 0.3) is 0 Å². The molecule has 0 atom stereocenters. The number of nitrogens with zero attached hydrogens (tertiary/aromatic N) is 5. The molecule has 1 saturated heterocycles. The number of piperazine rings is 1. The Morgan fingerprint density at radius 1 is 0.966 bits per heavy atom. The Bertz CT molecular complexity index is 1160. The average molecular weight is 423 g/mol. The van der Waals surface area contributed by atoms with Crippen LogP contribution in [0.4, 0.5) is 5.82 Å². The molecule has 1 aromatic carbocycles. The highest BCUT2D eigenvalue weighted by Gasteiger charge is 2.31. The minimum Gasteiger partial charge on any atom is -0.486 e. The number of rotatable bonds is 3. The normalized spacial score (nSPS) is 17.4. The molecule has 156 valence electrons. The van der Waals surface area contributed by atoms with Crippen molar-refractivity contribution < 1.29 is 17.9 Å². The Balaban J connectivity index is 1.54. The van der Waals surface area contributed by atoms with Crippen molar-refractivity contribution in [2.75, 3.05) is 44.3 Å². The average Bonchev–Trinajstić information content (AvgIpc) is 2.74. The molecule has 0 radical (unpaired) electrons. The lowest BCUT2D eigenvalue weighted by Gasteiger charge is -2.34. The number of hydrogen-bond acceptors (Lipinski definition) is 8. The predicted molar refractivity (Wildman–Crippen MR) is 103 cm³/mol. The summed E-state index contributed by atoms with van der Waals surface area (Å²) in [4.78, 5) is 26.0. The molecular formula is C17H21N5O6S. The van der Waals surface area contributed by atoms with E-state index in [1.807, 2.05) is 0 Å². The maximum absolute atomic E-state index is 13.0. The number of anilines is 1. The van der Waals surface area contributed by atoms with Gasteiger partial charge in [-0.1, -0.05) is 0 Å². The Morgan fingerprint density at radius 2 is 1.62 bits per heavy atom. The van der Waals surface area contributed by atoms with E-state index < -0.39 is 21.3 Å². The topological polar surface area (TPSA) is 116 Å². The minimum absolute atomic E-state index is 0.131. The third-order valence-corrected chi connectivity index (χ3v) is 6.89. The number of aryl methyl sites for hydroxylation is 1. The zero-order valence-corrected chi connectivity index (χ0v) is 16.9. The van der Waals surface area contributed by atoms with Crippen molar-refractivity contribution in [2.45, 2.75) is 4.90 Å². The molecule has 0 unspecified atom stereocenters. The fourth-order valence-corrected chi connectivity index (χ4v) is 4.79. The van der Waals surface area contributed by atoms with Crippen LogP contribution in [0.5, 0.6) is 11.5 Å². The molecular weight excluding hydrogens is 402 g/mol. The molecule has 0 saturated carbocycles. The first-order chi connectivity index (χ1) is 13.8. The summed E-state index contributed by atoms with van der Waals surface area (Å²) in [7, 11) is -0.869. The summed E-state index contributed by atoms with van der Waals surface area (Å²) in [5.41, 5.74) is -1.02. The van der Waals surface area contributed by atoms with Gasteiger partial charge in [0.15, 0.2) is 11.5 Å². The van der Waals surface area contributed by atoms with Crippen LogP contribution in [-0.2, 0) is 24.1 Å². The van der Waals surface area contributed by atoms with E-state index in [2.05, 4.69) is 5.10 Å². The fraction of sp³-hybridized carbons (Fsp3) is 0.471. The molecule has 29 heavy (non-hydrogen) atoms. The molecule has 0 spiro atoms. The zero-order valence-electron chi connectivity index (χ0n) is 16.1. The van der Waals surface area contributed by atoms with Gasteiger partial charge in [0, 0.05) is 46.3 Å². The van der Waals surface area contributed by atoms with Gasteiger partial charge in [0.1, 0.15) is 13.2 Å². The summed E-state index contributed by atoms with van der Waals surface area (Å²) in [5.74, 6) is 1.07. The highest BCUT2D eigenvalue weighted by atomic mass is 32.2. The van der Waals surface area contributed by atoms with E-state index in [4.69, 9.17) is 9.47 Å². The number of benzene rings is 1. The van der Waals surface area contributed by atoms with E-state index in [1.165, 1.54) is 30.5 Å². The SMILES string of the molecule is Cn1nc(N2CCN(S(=O)(=O)c3ccc4c(c3)OCCO4)CC2)c(=O)n(C)c1=O. The third-order valence-electron chi connectivity index (χ3n) is 4.99. The van der Waals surface area contributed by atoms with Gasteiger partial charge in [-0.05, 0) is 12.1 Å². The minimum atomic E-state index is -3.72. The largest absolute Gasteiger partial charge is 0.486 e. The van der Waals surface area contributed by atoms with Gasteiger partial charge in [-0.25, -0.2) is 17.9 Å².